The van der Waals surface area contributed by atoms with Gasteiger partial charge in [-0.3, -0.25) is 9.69 Å². The van der Waals surface area contributed by atoms with E-state index in [9.17, 15) is 9.18 Å². The molecule has 1 aliphatic rings. The third-order valence-corrected chi connectivity index (χ3v) is 5.52. The van der Waals surface area contributed by atoms with Crippen molar-refractivity contribution in [2.24, 2.45) is 5.92 Å². The molecule has 2 heterocycles. The van der Waals surface area contributed by atoms with Gasteiger partial charge < -0.3 is 5.32 Å². The number of thiophene rings is 1. The van der Waals surface area contributed by atoms with E-state index in [0.717, 1.165) is 42.3 Å². The second-order valence-electron chi connectivity index (χ2n) is 6.53. The van der Waals surface area contributed by atoms with Crippen LogP contribution in [0, 0.1) is 11.7 Å². The Hall–Kier alpha value is -1.72. The lowest BCUT2D eigenvalue weighted by Gasteiger charge is -2.30. The van der Waals surface area contributed by atoms with Gasteiger partial charge in [0.15, 0.2) is 0 Å². The first-order chi connectivity index (χ1) is 11.6. The fourth-order valence-electron chi connectivity index (χ4n) is 3.06. The molecule has 128 valence electrons. The van der Waals surface area contributed by atoms with Crippen molar-refractivity contribution in [3.63, 3.8) is 0 Å². The van der Waals surface area contributed by atoms with Gasteiger partial charge >= 0.3 is 0 Å². The highest BCUT2D eigenvalue weighted by molar-refractivity contribution is 7.10. The third kappa shape index (κ3) is 4.42. The van der Waals surface area contributed by atoms with E-state index in [1.807, 2.05) is 17.5 Å². The highest BCUT2D eigenvalue weighted by Crippen LogP contribution is 2.26. The Labute approximate surface area is 146 Å². The van der Waals surface area contributed by atoms with Crippen molar-refractivity contribution >= 4 is 17.2 Å². The van der Waals surface area contributed by atoms with Crippen molar-refractivity contribution in [1.82, 2.24) is 10.2 Å². The number of carbonyl (C=O) groups is 1. The molecule has 1 fully saturated rings. The van der Waals surface area contributed by atoms with E-state index < -0.39 is 0 Å². The van der Waals surface area contributed by atoms with E-state index in [-0.39, 0.29) is 17.8 Å². The minimum Gasteiger partial charge on any atom is -0.343 e. The van der Waals surface area contributed by atoms with E-state index >= 15 is 0 Å². The normalized spacial score (nSPS) is 17.6. The van der Waals surface area contributed by atoms with Crippen molar-refractivity contribution in [2.75, 3.05) is 19.6 Å². The number of piperidine rings is 1. The van der Waals surface area contributed by atoms with Gasteiger partial charge in [-0.05, 0) is 61.0 Å². The predicted octanol–water partition coefficient (Wildman–Crippen LogP) is 3.82. The van der Waals surface area contributed by atoms with E-state index in [1.54, 1.807) is 23.5 Å². The van der Waals surface area contributed by atoms with Gasteiger partial charge in [0.05, 0.1) is 12.6 Å². The van der Waals surface area contributed by atoms with Gasteiger partial charge in [-0.2, -0.15) is 0 Å². The number of rotatable bonds is 5. The van der Waals surface area contributed by atoms with Crippen LogP contribution in [-0.2, 0) is 4.79 Å². The number of likely N-dealkylation sites (tertiary alicyclic amines) is 1. The fraction of sp³-hybridized carbons (Fsp3) is 0.421. The number of benzene rings is 1. The largest absolute Gasteiger partial charge is 0.343 e. The summed E-state index contributed by atoms with van der Waals surface area (Å²) in [7, 11) is 0. The minimum atomic E-state index is -0.266. The molecule has 1 aliphatic heterocycles. The maximum Gasteiger partial charge on any atom is 0.234 e. The zero-order chi connectivity index (χ0) is 16.9. The molecule has 0 spiro atoms. The molecule has 0 unspecified atom stereocenters. The first kappa shape index (κ1) is 17.1. The van der Waals surface area contributed by atoms with Crippen molar-refractivity contribution in [1.29, 1.82) is 0 Å². The van der Waals surface area contributed by atoms with Crippen LogP contribution in [0.15, 0.2) is 41.8 Å². The number of halogens is 1. The first-order valence-corrected chi connectivity index (χ1v) is 9.30. The van der Waals surface area contributed by atoms with Crippen molar-refractivity contribution in [2.45, 2.75) is 25.8 Å². The number of hydrogen-bond donors (Lipinski definition) is 1. The van der Waals surface area contributed by atoms with Crippen molar-refractivity contribution in [3.8, 4) is 0 Å². The summed E-state index contributed by atoms with van der Waals surface area (Å²) < 4.78 is 13.2. The predicted molar refractivity (Wildman–Crippen MR) is 95.5 cm³/mol. The summed E-state index contributed by atoms with van der Waals surface area (Å²) in [5, 5.41) is 5.11. The first-order valence-electron chi connectivity index (χ1n) is 8.42. The number of nitrogens with zero attached hydrogens (tertiary/aromatic N) is 1. The van der Waals surface area contributed by atoms with Crippen molar-refractivity contribution in [3.05, 3.63) is 58.0 Å². The average molecular weight is 346 g/mol. The molecule has 0 saturated carbocycles. The molecule has 1 aromatic carbocycles. The summed E-state index contributed by atoms with van der Waals surface area (Å²) in [6.45, 7) is 4.65. The number of nitrogens with one attached hydrogen (secondary N) is 1. The molecule has 0 aliphatic carbocycles. The second kappa shape index (κ2) is 7.90. The van der Waals surface area contributed by atoms with Crippen LogP contribution in [0.4, 0.5) is 4.39 Å². The molecule has 2 aromatic rings. The van der Waals surface area contributed by atoms with Crippen LogP contribution in [0.2, 0.25) is 0 Å². The number of amides is 1. The molecule has 1 amide bonds. The molecule has 1 atom stereocenters. The standard InChI is InChI=1S/C19H23FN2OS/c1-14-8-10-22(11-9-14)13-18(23)21-19(17-3-2-12-24-17)15-4-6-16(20)7-5-15/h2-7,12,14,19H,8-11,13H2,1H3,(H,21,23)/t19-/m1/s1. The van der Waals surface area contributed by atoms with Crippen LogP contribution in [0.5, 0.6) is 0 Å². The van der Waals surface area contributed by atoms with Gasteiger partial charge in [0, 0.05) is 4.88 Å². The quantitative estimate of drug-likeness (QED) is 0.892. The highest BCUT2D eigenvalue weighted by atomic mass is 32.1. The summed E-state index contributed by atoms with van der Waals surface area (Å²) >= 11 is 1.60. The Kier molecular flexibility index (Phi) is 5.63. The zero-order valence-electron chi connectivity index (χ0n) is 13.9. The van der Waals surface area contributed by atoms with E-state index in [2.05, 4.69) is 17.1 Å². The van der Waals surface area contributed by atoms with E-state index in [0.29, 0.717) is 6.54 Å². The lowest BCUT2D eigenvalue weighted by atomic mass is 9.99. The van der Waals surface area contributed by atoms with Gasteiger partial charge in [-0.15, -0.1) is 11.3 Å². The van der Waals surface area contributed by atoms with Crippen LogP contribution < -0.4 is 5.32 Å². The Balaban J connectivity index is 1.68. The van der Waals surface area contributed by atoms with E-state index in [1.165, 1.54) is 12.1 Å². The Morgan fingerprint density at radius 3 is 2.62 bits per heavy atom. The van der Waals surface area contributed by atoms with Gasteiger partial charge in [0.25, 0.3) is 0 Å². The van der Waals surface area contributed by atoms with Gasteiger partial charge in [-0.1, -0.05) is 25.1 Å². The maximum absolute atomic E-state index is 13.2. The van der Waals surface area contributed by atoms with Gasteiger partial charge in [0.2, 0.25) is 5.91 Å². The topological polar surface area (TPSA) is 32.3 Å². The van der Waals surface area contributed by atoms with Crippen LogP contribution in [-0.4, -0.2) is 30.4 Å². The van der Waals surface area contributed by atoms with Gasteiger partial charge in [0.1, 0.15) is 5.82 Å². The summed E-state index contributed by atoms with van der Waals surface area (Å²) in [6.07, 6.45) is 2.30. The summed E-state index contributed by atoms with van der Waals surface area (Å²) in [6, 6.07) is 10.1. The Morgan fingerprint density at radius 2 is 2.00 bits per heavy atom. The molecule has 0 radical (unpaired) electrons. The number of carbonyl (C=O) groups excluding carboxylic acids is 1. The highest BCUT2D eigenvalue weighted by Gasteiger charge is 2.21. The zero-order valence-corrected chi connectivity index (χ0v) is 14.7. The van der Waals surface area contributed by atoms with E-state index in [4.69, 9.17) is 0 Å². The Bertz CT molecular complexity index is 649. The smallest absolute Gasteiger partial charge is 0.234 e. The van der Waals surface area contributed by atoms with Crippen LogP contribution in [0.1, 0.15) is 36.2 Å². The monoisotopic (exact) mass is 346 g/mol. The molecule has 1 N–H and O–H groups in total. The molecule has 5 heteroatoms. The summed E-state index contributed by atoms with van der Waals surface area (Å²) in [5.41, 5.74) is 0.902. The molecular formula is C19H23FN2OS. The van der Waals surface area contributed by atoms with Crippen molar-refractivity contribution < 1.29 is 9.18 Å². The molecule has 1 aromatic heterocycles. The average Bonchev–Trinajstić information content (AvgIpc) is 3.10. The molecule has 24 heavy (non-hydrogen) atoms. The summed E-state index contributed by atoms with van der Waals surface area (Å²) in [4.78, 5) is 15.8. The van der Waals surface area contributed by atoms with Crippen LogP contribution in [0.3, 0.4) is 0 Å². The Morgan fingerprint density at radius 1 is 1.29 bits per heavy atom. The fourth-order valence-corrected chi connectivity index (χ4v) is 3.86. The third-order valence-electron chi connectivity index (χ3n) is 4.58. The lowest BCUT2D eigenvalue weighted by Crippen LogP contribution is -2.42. The summed E-state index contributed by atoms with van der Waals surface area (Å²) in [5.74, 6) is 0.507. The number of hydrogen-bond acceptors (Lipinski definition) is 3. The molecule has 0 bridgehead atoms. The van der Waals surface area contributed by atoms with Crippen LogP contribution >= 0.6 is 11.3 Å². The SMILES string of the molecule is CC1CCN(CC(=O)N[C@H](c2ccc(F)cc2)c2cccs2)CC1. The van der Waals surface area contributed by atoms with Gasteiger partial charge in [-0.25, -0.2) is 4.39 Å². The maximum atomic E-state index is 13.2. The molecule has 1 saturated heterocycles. The lowest BCUT2D eigenvalue weighted by molar-refractivity contribution is -0.123. The molecular weight excluding hydrogens is 323 g/mol. The molecule has 3 nitrogen and oxygen atoms in total. The molecule has 3 rings (SSSR count). The second-order valence-corrected chi connectivity index (χ2v) is 7.51. The minimum absolute atomic E-state index is 0.0206. The van der Waals surface area contributed by atoms with Crippen LogP contribution in [0.25, 0.3) is 0 Å².